The van der Waals surface area contributed by atoms with Gasteiger partial charge in [-0.25, -0.2) is 9.97 Å². The van der Waals surface area contributed by atoms with Crippen LogP contribution in [0, 0.1) is 0 Å². The van der Waals surface area contributed by atoms with E-state index in [0.717, 1.165) is 0 Å². The molecule has 0 radical (unpaired) electrons. The molecule has 1 aromatic heterocycles. The maximum Gasteiger partial charge on any atom is 0.387 e. The van der Waals surface area contributed by atoms with Crippen LogP contribution in [0.1, 0.15) is 17.3 Å². The van der Waals surface area contributed by atoms with Gasteiger partial charge in [-0.05, 0) is 17.7 Å². The number of methoxy groups -OCH3 is 1. The van der Waals surface area contributed by atoms with E-state index in [2.05, 4.69) is 14.7 Å². The van der Waals surface area contributed by atoms with Gasteiger partial charge in [-0.3, -0.25) is 0 Å². The Morgan fingerprint density at radius 2 is 2.05 bits per heavy atom. The van der Waals surface area contributed by atoms with Crippen molar-refractivity contribution in [1.82, 2.24) is 9.97 Å². The monoisotopic (exact) mass is 295 g/mol. The Morgan fingerprint density at radius 1 is 1.24 bits per heavy atom. The molecule has 112 valence electrons. The molecule has 1 aromatic carbocycles. The van der Waals surface area contributed by atoms with Gasteiger partial charge >= 0.3 is 6.61 Å². The van der Waals surface area contributed by atoms with E-state index in [1.807, 2.05) is 0 Å². The van der Waals surface area contributed by atoms with E-state index in [1.54, 1.807) is 18.2 Å². The smallest absolute Gasteiger partial charge is 0.387 e. The lowest BCUT2D eigenvalue weighted by molar-refractivity contribution is -0.0499. The van der Waals surface area contributed by atoms with Gasteiger partial charge in [0.15, 0.2) is 0 Å². The number of alkyl halides is 2. The van der Waals surface area contributed by atoms with Crippen LogP contribution in [-0.4, -0.2) is 23.7 Å². The number of halogens is 2. The van der Waals surface area contributed by atoms with E-state index >= 15 is 0 Å². The molecule has 21 heavy (non-hydrogen) atoms. The van der Waals surface area contributed by atoms with Crippen LogP contribution >= 0.6 is 0 Å². The average Bonchev–Trinajstić information content (AvgIpc) is 2.47. The molecule has 2 N–H and O–H groups in total. The Labute approximate surface area is 120 Å². The average molecular weight is 295 g/mol. The van der Waals surface area contributed by atoms with Crippen LogP contribution in [0.2, 0.25) is 0 Å². The number of hydrogen-bond acceptors (Lipinski definition) is 5. The molecule has 0 spiro atoms. The van der Waals surface area contributed by atoms with Gasteiger partial charge in [-0.1, -0.05) is 12.1 Å². The van der Waals surface area contributed by atoms with Crippen LogP contribution in [0.25, 0.3) is 0 Å². The summed E-state index contributed by atoms with van der Waals surface area (Å²) in [7, 11) is 1.51. The number of aromatic nitrogens is 2. The zero-order valence-electron chi connectivity index (χ0n) is 11.4. The van der Waals surface area contributed by atoms with Crippen LogP contribution in [0.4, 0.5) is 8.78 Å². The molecule has 5 nitrogen and oxygen atoms in total. The first-order chi connectivity index (χ1) is 10.1. The summed E-state index contributed by atoms with van der Waals surface area (Å²) in [6.45, 7) is -2.86. The maximum absolute atomic E-state index is 12.2. The molecule has 0 saturated heterocycles. The second-order valence-electron chi connectivity index (χ2n) is 4.31. The van der Waals surface area contributed by atoms with E-state index in [1.165, 1.54) is 25.6 Å². The Bertz CT molecular complexity index is 596. The zero-order chi connectivity index (χ0) is 15.2. The normalized spacial score (nSPS) is 12.2. The van der Waals surface area contributed by atoms with Crippen molar-refractivity contribution < 1.29 is 18.3 Å². The van der Waals surface area contributed by atoms with Gasteiger partial charge in [-0.2, -0.15) is 8.78 Å². The topological polar surface area (TPSA) is 70.3 Å². The number of hydrogen-bond donors (Lipinski definition) is 1. The second kappa shape index (κ2) is 6.94. The number of benzene rings is 1. The summed E-state index contributed by atoms with van der Waals surface area (Å²) in [5.41, 5.74) is 7.46. The zero-order valence-corrected chi connectivity index (χ0v) is 11.4. The van der Waals surface area contributed by atoms with Gasteiger partial charge in [0, 0.05) is 24.2 Å². The fraction of sp³-hybridized carbons (Fsp3) is 0.286. The number of rotatable bonds is 6. The van der Waals surface area contributed by atoms with Gasteiger partial charge < -0.3 is 15.2 Å². The summed E-state index contributed by atoms with van der Waals surface area (Å²) in [6.07, 6.45) is 1.81. The molecule has 0 aliphatic heterocycles. The molecular formula is C14H15F2N3O2. The molecular weight excluding hydrogens is 280 g/mol. The fourth-order valence-corrected chi connectivity index (χ4v) is 1.86. The summed E-state index contributed by atoms with van der Waals surface area (Å²) in [5.74, 6) is 0.528. The Morgan fingerprint density at radius 3 is 2.76 bits per heavy atom. The minimum atomic E-state index is -2.86. The van der Waals surface area contributed by atoms with E-state index in [9.17, 15) is 8.78 Å². The molecule has 0 amide bonds. The van der Waals surface area contributed by atoms with Gasteiger partial charge in [0.25, 0.3) is 0 Å². The lowest BCUT2D eigenvalue weighted by atomic mass is 10.0. The van der Waals surface area contributed by atoms with Crippen molar-refractivity contribution in [3.8, 4) is 11.6 Å². The molecule has 0 bridgehead atoms. The SMILES string of the molecule is COc1cc(CC(N)c2cccc(OC(F)F)c2)ncn1. The first kappa shape index (κ1) is 15.1. The number of nitrogens with zero attached hydrogens (tertiary/aromatic N) is 2. The second-order valence-corrected chi connectivity index (χ2v) is 4.31. The fourth-order valence-electron chi connectivity index (χ4n) is 1.86. The molecule has 0 aliphatic rings. The van der Waals surface area contributed by atoms with E-state index in [0.29, 0.717) is 23.6 Å². The molecule has 0 fully saturated rings. The predicted molar refractivity (Wildman–Crippen MR) is 72.3 cm³/mol. The molecule has 7 heteroatoms. The van der Waals surface area contributed by atoms with Crippen LogP contribution in [0.15, 0.2) is 36.7 Å². The van der Waals surface area contributed by atoms with Crippen molar-refractivity contribution in [3.05, 3.63) is 47.9 Å². The molecule has 2 aromatic rings. The molecule has 1 unspecified atom stereocenters. The van der Waals surface area contributed by atoms with Crippen LogP contribution in [0.3, 0.4) is 0 Å². The van der Waals surface area contributed by atoms with E-state index in [4.69, 9.17) is 10.5 Å². The molecule has 1 atom stereocenters. The lowest BCUT2D eigenvalue weighted by Gasteiger charge is -2.13. The van der Waals surface area contributed by atoms with Crippen molar-refractivity contribution in [3.63, 3.8) is 0 Å². The third-order valence-electron chi connectivity index (χ3n) is 2.85. The minimum Gasteiger partial charge on any atom is -0.481 e. The summed E-state index contributed by atoms with van der Waals surface area (Å²) in [5, 5.41) is 0. The summed E-state index contributed by atoms with van der Waals surface area (Å²) >= 11 is 0. The third-order valence-corrected chi connectivity index (χ3v) is 2.85. The minimum absolute atomic E-state index is 0.0817. The predicted octanol–water partition coefficient (Wildman–Crippen LogP) is 2.33. The van der Waals surface area contributed by atoms with Crippen LogP contribution < -0.4 is 15.2 Å². The standard InChI is InChI=1S/C14H15F2N3O2/c1-20-13-7-10(18-8-19-13)6-12(17)9-3-2-4-11(5-9)21-14(15)16/h2-5,7-8,12,14H,6,17H2,1H3. The molecule has 0 aliphatic carbocycles. The number of ether oxygens (including phenoxy) is 2. The van der Waals surface area contributed by atoms with Crippen molar-refractivity contribution in [2.45, 2.75) is 19.1 Å². The molecule has 2 rings (SSSR count). The van der Waals surface area contributed by atoms with Crippen molar-refractivity contribution in [1.29, 1.82) is 0 Å². The van der Waals surface area contributed by atoms with Crippen molar-refractivity contribution >= 4 is 0 Å². The van der Waals surface area contributed by atoms with E-state index in [-0.39, 0.29) is 5.75 Å². The maximum atomic E-state index is 12.2. The first-order valence-electron chi connectivity index (χ1n) is 6.23. The van der Waals surface area contributed by atoms with E-state index < -0.39 is 12.7 Å². The third kappa shape index (κ3) is 4.35. The van der Waals surface area contributed by atoms with Gasteiger partial charge in [0.1, 0.15) is 12.1 Å². The molecule has 1 heterocycles. The Kier molecular flexibility index (Phi) is 4.99. The van der Waals surface area contributed by atoms with Crippen molar-refractivity contribution in [2.24, 2.45) is 5.73 Å². The van der Waals surface area contributed by atoms with Gasteiger partial charge in [0.2, 0.25) is 5.88 Å². The summed E-state index contributed by atoms with van der Waals surface area (Å²) in [4.78, 5) is 8.01. The Hall–Kier alpha value is -2.28. The van der Waals surface area contributed by atoms with Gasteiger partial charge in [0.05, 0.1) is 7.11 Å². The highest BCUT2D eigenvalue weighted by atomic mass is 19.3. The largest absolute Gasteiger partial charge is 0.481 e. The lowest BCUT2D eigenvalue weighted by Crippen LogP contribution is -2.14. The quantitative estimate of drug-likeness (QED) is 0.885. The highest BCUT2D eigenvalue weighted by Gasteiger charge is 2.11. The van der Waals surface area contributed by atoms with Crippen molar-refractivity contribution in [2.75, 3.05) is 7.11 Å². The van der Waals surface area contributed by atoms with Crippen LogP contribution in [-0.2, 0) is 6.42 Å². The highest BCUT2D eigenvalue weighted by Crippen LogP contribution is 2.22. The van der Waals surface area contributed by atoms with Gasteiger partial charge in [-0.15, -0.1) is 0 Å². The Balaban J connectivity index is 2.10. The summed E-state index contributed by atoms with van der Waals surface area (Å²) < 4.78 is 33.8. The molecule has 0 saturated carbocycles. The van der Waals surface area contributed by atoms with Crippen LogP contribution in [0.5, 0.6) is 11.6 Å². The highest BCUT2D eigenvalue weighted by molar-refractivity contribution is 5.31. The number of nitrogens with two attached hydrogens (primary N) is 1. The first-order valence-corrected chi connectivity index (χ1v) is 6.23. The summed E-state index contributed by atoms with van der Waals surface area (Å²) in [6, 6.07) is 7.60.